The maximum absolute atomic E-state index is 12.6. The van der Waals surface area contributed by atoms with Gasteiger partial charge < -0.3 is 5.32 Å². The minimum atomic E-state index is -0.0789. The van der Waals surface area contributed by atoms with E-state index in [2.05, 4.69) is 32.5 Å². The molecule has 1 amide bonds. The van der Waals surface area contributed by atoms with Crippen molar-refractivity contribution in [2.45, 2.75) is 11.6 Å². The molecule has 7 heteroatoms. The number of nitrogens with one attached hydrogen (secondary N) is 1. The summed E-state index contributed by atoms with van der Waals surface area (Å²) in [6.07, 6.45) is 3.29. The number of aromatic nitrogens is 4. The van der Waals surface area contributed by atoms with Crippen molar-refractivity contribution in [1.29, 1.82) is 0 Å². The summed E-state index contributed by atoms with van der Waals surface area (Å²) in [5.41, 5.74) is 2.72. The van der Waals surface area contributed by atoms with Gasteiger partial charge in [0.2, 0.25) is 5.91 Å². The zero-order valence-corrected chi connectivity index (χ0v) is 17.4. The predicted molar refractivity (Wildman–Crippen MR) is 124 cm³/mol. The monoisotopic (exact) mass is 425 g/mol. The van der Waals surface area contributed by atoms with Crippen LogP contribution in [0.25, 0.3) is 21.8 Å². The minimum absolute atomic E-state index is 0.0789. The topological polar surface area (TPSA) is 72.7 Å². The van der Waals surface area contributed by atoms with Crippen LogP contribution in [0.3, 0.4) is 0 Å². The minimum Gasteiger partial charge on any atom is -0.325 e. The van der Waals surface area contributed by atoms with Gasteiger partial charge in [-0.25, -0.2) is 14.6 Å². The molecule has 0 aliphatic heterocycles. The number of hydrogen-bond donors (Lipinski definition) is 1. The molecular formula is C24H19N5OS. The predicted octanol–water partition coefficient (Wildman–Crippen LogP) is 4.76. The fourth-order valence-corrected chi connectivity index (χ4v) is 4.27. The summed E-state index contributed by atoms with van der Waals surface area (Å²) in [6.45, 7) is 0.632. The number of fused-ring (bicyclic) bond motifs is 2. The normalized spacial score (nSPS) is 11.1. The first-order valence-corrected chi connectivity index (χ1v) is 10.9. The van der Waals surface area contributed by atoms with Gasteiger partial charge in [-0.3, -0.25) is 4.79 Å². The SMILES string of the molecule is O=C(CSc1ncnc2c1cnn2Cc1ccccc1)Nc1cccc2ccccc12. The Bertz CT molecular complexity index is 1360. The fourth-order valence-electron chi connectivity index (χ4n) is 3.51. The Kier molecular flexibility index (Phi) is 5.33. The first-order chi connectivity index (χ1) is 15.3. The lowest BCUT2D eigenvalue weighted by Gasteiger charge is -2.09. The van der Waals surface area contributed by atoms with Gasteiger partial charge in [-0.05, 0) is 17.0 Å². The van der Waals surface area contributed by atoms with Crippen LogP contribution in [-0.2, 0) is 11.3 Å². The summed E-state index contributed by atoms with van der Waals surface area (Å²) >= 11 is 1.39. The molecule has 152 valence electrons. The van der Waals surface area contributed by atoms with Gasteiger partial charge in [-0.15, -0.1) is 0 Å². The van der Waals surface area contributed by atoms with Crippen LogP contribution in [0.15, 0.2) is 90.3 Å². The Morgan fingerprint density at radius 3 is 2.61 bits per heavy atom. The van der Waals surface area contributed by atoms with Crippen LogP contribution in [0.1, 0.15) is 5.56 Å². The Hall–Kier alpha value is -3.71. The van der Waals surface area contributed by atoms with E-state index in [1.807, 2.05) is 65.3 Å². The van der Waals surface area contributed by atoms with E-state index in [1.54, 1.807) is 6.20 Å². The standard InChI is InChI=1S/C24H19N5OS/c30-22(28-21-12-6-10-18-9-4-5-11-19(18)21)15-31-24-20-13-27-29(23(20)25-16-26-24)14-17-7-2-1-3-8-17/h1-13,16H,14-15H2,(H,28,30). The largest absolute Gasteiger partial charge is 0.325 e. The maximum atomic E-state index is 12.6. The van der Waals surface area contributed by atoms with E-state index >= 15 is 0 Å². The third-order valence-corrected chi connectivity index (χ3v) is 5.98. The molecule has 0 bridgehead atoms. The van der Waals surface area contributed by atoms with E-state index in [0.29, 0.717) is 6.54 Å². The van der Waals surface area contributed by atoms with Gasteiger partial charge in [-0.2, -0.15) is 5.10 Å². The number of carbonyl (C=O) groups excluding carboxylic acids is 1. The van der Waals surface area contributed by atoms with Gasteiger partial charge in [0, 0.05) is 11.1 Å². The van der Waals surface area contributed by atoms with Gasteiger partial charge in [0.25, 0.3) is 0 Å². The molecule has 2 aromatic heterocycles. The highest BCUT2D eigenvalue weighted by Gasteiger charge is 2.13. The highest BCUT2D eigenvalue weighted by Crippen LogP contribution is 2.26. The summed E-state index contributed by atoms with van der Waals surface area (Å²) in [6, 6.07) is 24.0. The van der Waals surface area contributed by atoms with Crippen LogP contribution in [-0.4, -0.2) is 31.4 Å². The second-order valence-corrected chi connectivity index (χ2v) is 8.03. The number of thioether (sulfide) groups is 1. The molecule has 1 N–H and O–H groups in total. The first kappa shape index (κ1) is 19.3. The lowest BCUT2D eigenvalue weighted by Crippen LogP contribution is -2.14. The zero-order valence-electron chi connectivity index (χ0n) is 16.6. The number of anilines is 1. The van der Waals surface area contributed by atoms with E-state index in [9.17, 15) is 4.79 Å². The lowest BCUT2D eigenvalue weighted by atomic mass is 10.1. The molecule has 2 heterocycles. The molecule has 0 saturated heterocycles. The molecule has 31 heavy (non-hydrogen) atoms. The Labute approximate surface area is 183 Å². The van der Waals surface area contributed by atoms with Crippen LogP contribution in [0.4, 0.5) is 5.69 Å². The molecule has 0 saturated carbocycles. The molecule has 0 fully saturated rings. The van der Waals surface area contributed by atoms with Crippen LogP contribution >= 0.6 is 11.8 Å². The molecule has 5 rings (SSSR count). The van der Waals surface area contributed by atoms with Gasteiger partial charge in [0.05, 0.1) is 23.9 Å². The van der Waals surface area contributed by atoms with Gasteiger partial charge in [-0.1, -0.05) is 78.5 Å². The number of carbonyl (C=O) groups is 1. The first-order valence-electron chi connectivity index (χ1n) is 9.89. The molecule has 5 aromatic rings. The average Bonchev–Trinajstić information content (AvgIpc) is 3.22. The molecule has 3 aromatic carbocycles. The molecular weight excluding hydrogens is 406 g/mol. The second-order valence-electron chi connectivity index (χ2n) is 7.07. The quantitative estimate of drug-likeness (QED) is 0.314. The third-order valence-electron chi connectivity index (χ3n) is 4.98. The van der Waals surface area contributed by atoms with Crippen LogP contribution in [0, 0.1) is 0 Å². The fraction of sp³-hybridized carbons (Fsp3) is 0.0833. The summed E-state index contributed by atoms with van der Waals surface area (Å²) in [4.78, 5) is 21.4. The maximum Gasteiger partial charge on any atom is 0.234 e. The summed E-state index contributed by atoms with van der Waals surface area (Å²) in [5.74, 6) is 0.170. The Morgan fingerprint density at radius 2 is 1.71 bits per heavy atom. The Balaban J connectivity index is 1.31. The average molecular weight is 426 g/mol. The number of benzene rings is 3. The van der Waals surface area contributed by atoms with Crippen molar-refractivity contribution in [3.63, 3.8) is 0 Å². The number of amides is 1. The number of hydrogen-bond acceptors (Lipinski definition) is 5. The van der Waals surface area contributed by atoms with Gasteiger partial charge in [0.15, 0.2) is 5.65 Å². The van der Waals surface area contributed by atoms with Crippen molar-refractivity contribution in [3.05, 3.63) is 90.9 Å². The summed E-state index contributed by atoms with van der Waals surface area (Å²) in [5, 5.41) is 11.2. The van der Waals surface area contributed by atoms with Crippen LogP contribution in [0.2, 0.25) is 0 Å². The summed E-state index contributed by atoms with van der Waals surface area (Å²) in [7, 11) is 0. The molecule has 0 radical (unpaired) electrons. The third kappa shape index (κ3) is 4.13. The number of rotatable bonds is 6. The highest BCUT2D eigenvalue weighted by atomic mass is 32.2. The van der Waals surface area contributed by atoms with Crippen LogP contribution in [0.5, 0.6) is 0 Å². The van der Waals surface area contributed by atoms with Gasteiger partial charge in [0.1, 0.15) is 11.4 Å². The molecule has 0 aliphatic carbocycles. The van der Waals surface area contributed by atoms with E-state index in [-0.39, 0.29) is 11.7 Å². The molecule has 0 unspecified atom stereocenters. The van der Waals surface area contributed by atoms with Crippen molar-refractivity contribution < 1.29 is 4.79 Å². The van der Waals surface area contributed by atoms with E-state index in [0.717, 1.165) is 38.1 Å². The molecule has 0 aliphatic rings. The van der Waals surface area contributed by atoms with E-state index in [1.165, 1.54) is 18.1 Å². The van der Waals surface area contributed by atoms with E-state index in [4.69, 9.17) is 0 Å². The van der Waals surface area contributed by atoms with Crippen molar-refractivity contribution in [2.24, 2.45) is 0 Å². The van der Waals surface area contributed by atoms with Crippen molar-refractivity contribution in [3.8, 4) is 0 Å². The van der Waals surface area contributed by atoms with Crippen molar-refractivity contribution in [1.82, 2.24) is 19.7 Å². The molecule has 0 atom stereocenters. The summed E-state index contributed by atoms with van der Waals surface area (Å²) < 4.78 is 1.85. The molecule has 6 nitrogen and oxygen atoms in total. The molecule has 0 spiro atoms. The highest BCUT2D eigenvalue weighted by molar-refractivity contribution is 8.00. The zero-order chi connectivity index (χ0) is 21.0. The number of nitrogens with zero attached hydrogens (tertiary/aromatic N) is 4. The van der Waals surface area contributed by atoms with Crippen molar-refractivity contribution in [2.75, 3.05) is 11.1 Å². The Morgan fingerprint density at radius 1 is 0.903 bits per heavy atom. The van der Waals surface area contributed by atoms with E-state index < -0.39 is 0 Å². The van der Waals surface area contributed by atoms with Crippen molar-refractivity contribution >= 4 is 45.2 Å². The van der Waals surface area contributed by atoms with Crippen LogP contribution < -0.4 is 5.32 Å². The second kappa shape index (κ2) is 8.57. The smallest absolute Gasteiger partial charge is 0.234 e. The lowest BCUT2D eigenvalue weighted by molar-refractivity contribution is -0.113. The van der Waals surface area contributed by atoms with Gasteiger partial charge >= 0.3 is 0 Å².